The molecule has 25 heteroatoms. The van der Waals surface area contributed by atoms with Crippen molar-refractivity contribution in [3.8, 4) is 11.5 Å². The molecule has 6 unspecified atom stereocenters. The number of aliphatic hydroxyl groups is 1. The molecule has 88 heavy (non-hydrogen) atoms. The second-order valence-corrected chi connectivity index (χ2v) is 25.1. The molecule has 12 N–H and O–H groups in total. The zero-order chi connectivity index (χ0) is 68.5. The van der Waals surface area contributed by atoms with Gasteiger partial charge in [0.2, 0.25) is 23.6 Å². The lowest BCUT2D eigenvalue weighted by atomic mass is 9.78. The predicted molar refractivity (Wildman–Crippen MR) is 330 cm³/mol. The predicted octanol–water partition coefficient (Wildman–Crippen LogP) is 7.79. The summed E-state index contributed by atoms with van der Waals surface area (Å²) in [6.45, 7) is 34.1. The number of anilines is 2. The number of benzene rings is 3. The number of rotatable bonds is 21. The molecular weight excluding hydrogens is 1140 g/mol. The van der Waals surface area contributed by atoms with E-state index in [2.05, 4.69) is 92.6 Å². The lowest BCUT2D eigenvalue weighted by Gasteiger charge is -2.32. The monoisotopic (exact) mass is 1240 g/mol. The summed E-state index contributed by atoms with van der Waals surface area (Å²) in [5.74, 6) is -1.79. The van der Waals surface area contributed by atoms with Gasteiger partial charge in [0, 0.05) is 19.2 Å². The number of nitrogens with one attached hydrogen (secondary N) is 7. The molecule has 7 amide bonds. The summed E-state index contributed by atoms with van der Waals surface area (Å²) in [5.41, 5.74) is 7.09. The quantitative estimate of drug-likeness (QED) is 0.0358. The van der Waals surface area contributed by atoms with Crippen molar-refractivity contribution in [1.29, 1.82) is 0 Å². The summed E-state index contributed by atoms with van der Waals surface area (Å²) in [6, 6.07) is 14.8. The van der Waals surface area contributed by atoms with E-state index in [1.807, 2.05) is 51.1 Å². The number of nitrogens with two attached hydrogens (primary N) is 1. The van der Waals surface area contributed by atoms with Crippen molar-refractivity contribution >= 4 is 65.6 Å². The number of hydrogen-bond donors (Lipinski definition) is 11. The standard InChI is InChI=1S/C34H50N4O7.C26H44N4O5.2CO2.CH4O/c1-21(33(4,5)6)17-26(37-32(43)45-34(7,8)9)18-25-15-16-28(39)27(19-25)38-30(41)22(2)35-29(40)23(3)36-31(42)44-20-24-13-11-10-12-14-24;1-15(25(4,5)6)12-19(29-24(34)35-26(7,8)9)13-18-10-11-21(31)20(14-18)30-23(33)17(3)28-22(32)16(2)27;2*2-1-3;1-2/h10-16,19,21-23,26,39H,17-18,20H2,1-9H3,(H,35,40)(H,36,42)(H,37,43)(H,38,41);10-11,14-17,19,31H,12-13,27H2,1-9H3,(H,28,32)(H,29,34)(H,30,33);;;2H,1H3/t21?,22?,23?,26-;15?,16?,17?,19-;;;/m11.../s1. The van der Waals surface area contributed by atoms with Crippen LogP contribution >= 0.6 is 0 Å². The zero-order valence-corrected chi connectivity index (χ0v) is 54.6. The molecule has 0 aromatic heterocycles. The molecule has 0 aliphatic rings. The first kappa shape index (κ1) is 81.7. The number of phenolic OH excluding ortho intramolecular Hbond substituents is 2. The second kappa shape index (κ2) is 39.4. The fraction of sp³-hybridized carbons (Fsp3) is 0.571. The Morgan fingerprint density at radius 2 is 0.818 bits per heavy atom. The smallest absolute Gasteiger partial charge is 0.408 e. The van der Waals surface area contributed by atoms with E-state index in [4.69, 9.17) is 44.2 Å². The Morgan fingerprint density at radius 3 is 1.15 bits per heavy atom. The minimum atomic E-state index is -0.987. The Labute approximate surface area is 518 Å². The van der Waals surface area contributed by atoms with Gasteiger partial charge in [-0.05, 0) is 159 Å². The number of amides is 7. The minimum Gasteiger partial charge on any atom is -0.506 e. The van der Waals surface area contributed by atoms with Gasteiger partial charge in [-0.25, -0.2) is 14.4 Å². The van der Waals surface area contributed by atoms with Crippen LogP contribution in [0.5, 0.6) is 11.5 Å². The largest absolute Gasteiger partial charge is 0.506 e. The number of phenols is 2. The molecule has 3 aromatic rings. The first-order chi connectivity index (χ1) is 40.5. The van der Waals surface area contributed by atoms with Crippen molar-refractivity contribution in [1.82, 2.24) is 26.6 Å². The maximum Gasteiger partial charge on any atom is 0.408 e. The van der Waals surface area contributed by atoms with E-state index in [1.165, 1.54) is 39.8 Å². The first-order valence-electron chi connectivity index (χ1n) is 28.6. The number of ether oxygens (including phenoxy) is 3. The van der Waals surface area contributed by atoms with Crippen LogP contribution in [0.25, 0.3) is 0 Å². The van der Waals surface area contributed by atoms with E-state index in [-0.39, 0.29) is 70.6 Å². The lowest BCUT2D eigenvalue weighted by Crippen LogP contribution is -2.50. The summed E-state index contributed by atoms with van der Waals surface area (Å²) in [7, 11) is 1.00. The molecule has 0 aliphatic carbocycles. The van der Waals surface area contributed by atoms with E-state index in [9.17, 15) is 43.8 Å². The molecule has 0 saturated heterocycles. The third-order valence-electron chi connectivity index (χ3n) is 13.1. The molecule has 492 valence electrons. The highest BCUT2D eigenvalue weighted by Crippen LogP contribution is 2.33. The summed E-state index contributed by atoms with van der Waals surface area (Å²) >= 11 is 0. The molecule has 0 aliphatic heterocycles. The highest BCUT2D eigenvalue weighted by atomic mass is 16.6. The summed E-state index contributed by atoms with van der Waals surface area (Å²) < 4.78 is 16.1. The molecule has 3 aromatic carbocycles. The van der Waals surface area contributed by atoms with Crippen LogP contribution in [0.4, 0.5) is 25.8 Å². The van der Waals surface area contributed by atoms with E-state index < -0.39 is 77.3 Å². The number of aliphatic hydroxyl groups excluding tert-OH is 1. The summed E-state index contributed by atoms with van der Waals surface area (Å²) in [4.78, 5) is 120. The van der Waals surface area contributed by atoms with Gasteiger partial charge in [0.25, 0.3) is 0 Å². The Balaban J connectivity index is 0. The first-order valence-corrected chi connectivity index (χ1v) is 28.6. The van der Waals surface area contributed by atoms with Crippen molar-refractivity contribution in [3.05, 3.63) is 83.4 Å². The molecule has 0 saturated carbocycles. The van der Waals surface area contributed by atoms with Gasteiger partial charge in [0.1, 0.15) is 47.4 Å². The van der Waals surface area contributed by atoms with Crippen molar-refractivity contribution in [2.45, 2.75) is 204 Å². The van der Waals surface area contributed by atoms with Crippen LogP contribution in [0.2, 0.25) is 0 Å². The average Bonchev–Trinajstić information content (AvgIpc) is 3.52. The van der Waals surface area contributed by atoms with Crippen LogP contribution in [0.3, 0.4) is 0 Å². The Bertz CT molecular complexity index is 2730. The fourth-order valence-electron chi connectivity index (χ4n) is 7.39. The van der Waals surface area contributed by atoms with E-state index in [0.717, 1.165) is 23.8 Å². The van der Waals surface area contributed by atoms with Crippen LogP contribution in [-0.4, -0.2) is 124 Å². The van der Waals surface area contributed by atoms with E-state index in [1.54, 1.807) is 45.0 Å². The SMILES string of the molecule is CC(N)C(=O)NC(C)C(=O)Nc1cc(C[C@@H](CC(C)C(C)(C)C)NC(=O)OC(C)(C)C)ccc1O.CC(NC(=O)OCc1ccccc1)C(=O)NC(C)C(=O)Nc1cc(C[C@@H](CC(C)C(C)(C)C)NC(=O)OC(C)(C)C)ccc1O.CO.O=C=O.O=C=O. The molecule has 0 radical (unpaired) electrons. The number of hydrogen-bond acceptors (Lipinski definition) is 18. The molecule has 3 rings (SSSR count). The third kappa shape index (κ3) is 35.9. The van der Waals surface area contributed by atoms with Gasteiger partial charge in [-0.1, -0.05) is 97.9 Å². The van der Waals surface area contributed by atoms with Gasteiger partial charge in [-0.3, -0.25) is 19.2 Å². The number of aromatic hydroxyl groups is 2. The van der Waals surface area contributed by atoms with Crippen LogP contribution < -0.4 is 43.0 Å². The van der Waals surface area contributed by atoms with E-state index >= 15 is 0 Å². The average molecular weight is 1240 g/mol. The van der Waals surface area contributed by atoms with E-state index in [0.29, 0.717) is 31.6 Å². The molecule has 25 nitrogen and oxygen atoms in total. The molecule has 0 spiro atoms. The van der Waals surface area contributed by atoms with Gasteiger partial charge < -0.3 is 72.5 Å². The number of carbonyl (C=O) groups is 7. The molecular formula is C63H98N8O17. The molecule has 8 atom stereocenters. The van der Waals surface area contributed by atoms with Crippen molar-refractivity contribution in [3.63, 3.8) is 0 Å². The Hall–Kier alpha value is -8.37. The summed E-state index contributed by atoms with van der Waals surface area (Å²) in [5, 5.41) is 46.5. The number of carbonyl (C=O) groups excluding carboxylic acids is 11. The Morgan fingerprint density at radius 1 is 0.477 bits per heavy atom. The topological polar surface area (TPSA) is 386 Å². The van der Waals surface area contributed by atoms with Crippen LogP contribution in [-0.2, 0) is 72.0 Å². The van der Waals surface area contributed by atoms with Crippen molar-refractivity contribution in [2.75, 3.05) is 17.7 Å². The van der Waals surface area contributed by atoms with Gasteiger partial charge in [0.05, 0.1) is 17.4 Å². The summed E-state index contributed by atoms with van der Waals surface area (Å²) in [6.07, 6.45) is 1.02. The van der Waals surface area contributed by atoms with Gasteiger partial charge in [0.15, 0.2) is 0 Å². The van der Waals surface area contributed by atoms with Crippen LogP contribution in [0, 0.1) is 22.7 Å². The molecule has 0 heterocycles. The normalized spacial score (nSPS) is 13.6. The third-order valence-corrected chi connectivity index (χ3v) is 13.1. The minimum absolute atomic E-state index is 0.0119. The van der Waals surface area contributed by atoms with Crippen molar-refractivity contribution in [2.24, 2.45) is 28.4 Å². The van der Waals surface area contributed by atoms with Crippen molar-refractivity contribution < 1.29 is 82.3 Å². The van der Waals surface area contributed by atoms with Crippen LogP contribution in [0.15, 0.2) is 66.7 Å². The lowest BCUT2D eigenvalue weighted by molar-refractivity contribution is -0.193. The zero-order valence-electron chi connectivity index (χ0n) is 54.6. The highest BCUT2D eigenvalue weighted by Gasteiger charge is 2.30. The van der Waals surface area contributed by atoms with Gasteiger partial charge in [-0.2, -0.15) is 19.2 Å². The highest BCUT2D eigenvalue weighted by molar-refractivity contribution is 5.99. The maximum absolute atomic E-state index is 12.9. The maximum atomic E-state index is 12.9. The number of alkyl carbamates (subject to hydrolysis) is 3. The van der Waals surface area contributed by atoms with Gasteiger partial charge >= 0.3 is 30.6 Å². The van der Waals surface area contributed by atoms with Gasteiger partial charge in [-0.15, -0.1) is 0 Å². The molecule has 0 fully saturated rings. The second-order valence-electron chi connectivity index (χ2n) is 25.1. The fourth-order valence-corrected chi connectivity index (χ4v) is 7.39. The van der Waals surface area contributed by atoms with Crippen LogP contribution in [0.1, 0.15) is 154 Å². The Kier molecular flexibility index (Phi) is 36.6. The molecule has 0 bridgehead atoms.